The SMILES string of the molecule is CC(C)(C)Oc1ccc([C]=O)cc1. The molecule has 0 aliphatic carbocycles. The molecule has 1 rings (SSSR count). The molecule has 0 unspecified atom stereocenters. The predicted molar refractivity (Wildman–Crippen MR) is 51.6 cm³/mol. The van der Waals surface area contributed by atoms with Gasteiger partial charge in [0.2, 0.25) is 6.29 Å². The van der Waals surface area contributed by atoms with Crippen LogP contribution in [0.15, 0.2) is 24.3 Å². The van der Waals surface area contributed by atoms with Crippen molar-refractivity contribution in [3.8, 4) is 5.75 Å². The number of hydrogen-bond acceptors (Lipinski definition) is 2. The van der Waals surface area contributed by atoms with E-state index in [-0.39, 0.29) is 5.60 Å². The first kappa shape index (κ1) is 9.78. The third kappa shape index (κ3) is 3.28. The van der Waals surface area contributed by atoms with Crippen molar-refractivity contribution in [1.29, 1.82) is 0 Å². The van der Waals surface area contributed by atoms with E-state index in [1.54, 1.807) is 24.3 Å². The monoisotopic (exact) mass is 177 g/mol. The van der Waals surface area contributed by atoms with Crippen LogP contribution in [0.4, 0.5) is 0 Å². The lowest BCUT2D eigenvalue weighted by Gasteiger charge is -2.21. The summed E-state index contributed by atoms with van der Waals surface area (Å²) in [7, 11) is 0. The molecule has 69 valence electrons. The summed E-state index contributed by atoms with van der Waals surface area (Å²) < 4.78 is 5.57. The average molecular weight is 177 g/mol. The lowest BCUT2D eigenvalue weighted by molar-refractivity contribution is 0.131. The Morgan fingerprint density at radius 3 is 2.08 bits per heavy atom. The Labute approximate surface area is 78.5 Å². The maximum atomic E-state index is 10.2. The number of carbonyl (C=O) groups excluding carboxylic acids is 1. The largest absolute Gasteiger partial charge is 0.488 e. The minimum atomic E-state index is -0.202. The van der Waals surface area contributed by atoms with Gasteiger partial charge in [0, 0.05) is 5.56 Å². The first-order chi connectivity index (χ1) is 6.01. The van der Waals surface area contributed by atoms with Gasteiger partial charge in [0.1, 0.15) is 11.4 Å². The molecule has 0 saturated heterocycles. The van der Waals surface area contributed by atoms with Crippen LogP contribution in [0.3, 0.4) is 0 Å². The molecule has 0 bridgehead atoms. The van der Waals surface area contributed by atoms with E-state index in [4.69, 9.17) is 4.74 Å². The molecule has 0 fully saturated rings. The van der Waals surface area contributed by atoms with Gasteiger partial charge >= 0.3 is 0 Å². The normalized spacial score (nSPS) is 11.0. The van der Waals surface area contributed by atoms with Crippen LogP contribution < -0.4 is 4.74 Å². The van der Waals surface area contributed by atoms with Crippen LogP contribution in [-0.4, -0.2) is 11.9 Å². The first-order valence-electron chi connectivity index (χ1n) is 4.18. The first-order valence-corrected chi connectivity index (χ1v) is 4.18. The molecule has 1 aromatic carbocycles. The molecule has 1 aromatic rings. The lowest BCUT2D eigenvalue weighted by Crippen LogP contribution is -2.22. The fraction of sp³-hybridized carbons (Fsp3) is 0.364. The van der Waals surface area contributed by atoms with Crippen molar-refractivity contribution in [2.24, 2.45) is 0 Å². The lowest BCUT2D eigenvalue weighted by atomic mass is 10.2. The fourth-order valence-corrected chi connectivity index (χ4v) is 0.945. The summed E-state index contributed by atoms with van der Waals surface area (Å²) in [6, 6.07) is 6.92. The van der Waals surface area contributed by atoms with E-state index in [9.17, 15) is 4.79 Å². The van der Waals surface area contributed by atoms with Gasteiger partial charge in [-0.05, 0) is 45.0 Å². The predicted octanol–water partition coefficient (Wildman–Crippen LogP) is 2.32. The van der Waals surface area contributed by atoms with Crippen molar-refractivity contribution in [1.82, 2.24) is 0 Å². The van der Waals surface area contributed by atoms with Gasteiger partial charge in [-0.2, -0.15) is 0 Å². The van der Waals surface area contributed by atoms with Crippen LogP contribution in [0.5, 0.6) is 5.75 Å². The maximum absolute atomic E-state index is 10.2. The molecule has 0 aliphatic heterocycles. The molecule has 2 heteroatoms. The van der Waals surface area contributed by atoms with Crippen LogP contribution in [0.25, 0.3) is 0 Å². The minimum Gasteiger partial charge on any atom is -0.488 e. The quantitative estimate of drug-likeness (QED) is 0.693. The van der Waals surface area contributed by atoms with E-state index >= 15 is 0 Å². The maximum Gasteiger partial charge on any atom is 0.233 e. The van der Waals surface area contributed by atoms with E-state index in [0.717, 1.165) is 5.75 Å². The molecule has 0 heterocycles. The number of benzene rings is 1. The van der Waals surface area contributed by atoms with Gasteiger partial charge in [0.15, 0.2) is 0 Å². The van der Waals surface area contributed by atoms with Crippen LogP contribution in [0.2, 0.25) is 0 Å². The van der Waals surface area contributed by atoms with Crippen LogP contribution in [0, 0.1) is 0 Å². The van der Waals surface area contributed by atoms with E-state index in [0.29, 0.717) is 5.56 Å². The zero-order valence-corrected chi connectivity index (χ0v) is 8.13. The fourth-order valence-electron chi connectivity index (χ4n) is 0.945. The number of hydrogen-bond donors (Lipinski definition) is 0. The summed E-state index contributed by atoms with van der Waals surface area (Å²) in [4.78, 5) is 10.2. The van der Waals surface area contributed by atoms with Crippen LogP contribution >= 0.6 is 0 Å². The van der Waals surface area contributed by atoms with Crippen molar-refractivity contribution in [3.05, 3.63) is 29.8 Å². The smallest absolute Gasteiger partial charge is 0.233 e. The summed E-state index contributed by atoms with van der Waals surface area (Å²) in [6.07, 6.45) is 1.81. The highest BCUT2D eigenvalue weighted by Crippen LogP contribution is 2.17. The minimum absolute atomic E-state index is 0.202. The molecule has 0 spiro atoms. The zero-order chi connectivity index (χ0) is 9.90. The molecule has 0 aromatic heterocycles. The summed E-state index contributed by atoms with van der Waals surface area (Å²) >= 11 is 0. The third-order valence-electron chi connectivity index (χ3n) is 1.40. The van der Waals surface area contributed by atoms with Gasteiger partial charge in [-0.25, -0.2) is 0 Å². The molecule has 0 N–H and O–H groups in total. The molecule has 2 nitrogen and oxygen atoms in total. The van der Waals surface area contributed by atoms with E-state index in [1.165, 1.54) is 0 Å². The summed E-state index contributed by atoms with van der Waals surface area (Å²) in [5.41, 5.74) is 0.341. The Morgan fingerprint density at radius 2 is 1.69 bits per heavy atom. The summed E-state index contributed by atoms with van der Waals surface area (Å²) in [6.45, 7) is 5.94. The number of rotatable bonds is 2. The second kappa shape index (κ2) is 3.60. The second-order valence-corrected chi connectivity index (χ2v) is 3.84. The average Bonchev–Trinajstić information content (AvgIpc) is 2.03. The Bertz CT molecular complexity index is 280. The zero-order valence-electron chi connectivity index (χ0n) is 8.13. The van der Waals surface area contributed by atoms with Gasteiger partial charge in [-0.1, -0.05) is 0 Å². The summed E-state index contributed by atoms with van der Waals surface area (Å²) in [5.74, 6) is 0.770. The Kier molecular flexibility index (Phi) is 2.71. The summed E-state index contributed by atoms with van der Waals surface area (Å²) in [5, 5.41) is 0. The Hall–Kier alpha value is -1.31. The molecule has 0 atom stereocenters. The Morgan fingerprint density at radius 1 is 1.15 bits per heavy atom. The standard InChI is InChI=1S/C11H13O2/c1-11(2,3)13-10-6-4-9(8-12)5-7-10/h4-7H,1-3H3. The highest BCUT2D eigenvalue weighted by molar-refractivity contribution is 5.75. The van der Waals surface area contributed by atoms with Gasteiger partial charge in [0.05, 0.1) is 0 Å². The van der Waals surface area contributed by atoms with E-state index < -0.39 is 0 Å². The van der Waals surface area contributed by atoms with Gasteiger partial charge < -0.3 is 4.74 Å². The molecule has 13 heavy (non-hydrogen) atoms. The van der Waals surface area contributed by atoms with Crippen molar-refractivity contribution in [2.75, 3.05) is 0 Å². The molecule has 0 amide bonds. The van der Waals surface area contributed by atoms with Crippen molar-refractivity contribution in [3.63, 3.8) is 0 Å². The van der Waals surface area contributed by atoms with E-state index in [2.05, 4.69) is 0 Å². The second-order valence-electron chi connectivity index (χ2n) is 3.84. The van der Waals surface area contributed by atoms with Crippen LogP contribution in [-0.2, 0) is 4.79 Å². The molecular weight excluding hydrogens is 164 g/mol. The molecule has 0 aliphatic rings. The number of ether oxygens (including phenoxy) is 1. The van der Waals surface area contributed by atoms with Crippen molar-refractivity contribution in [2.45, 2.75) is 26.4 Å². The van der Waals surface area contributed by atoms with Gasteiger partial charge in [0.25, 0.3) is 0 Å². The molecular formula is C11H13O2. The highest BCUT2D eigenvalue weighted by atomic mass is 16.5. The van der Waals surface area contributed by atoms with Gasteiger partial charge in [-0.3, -0.25) is 4.79 Å². The molecule has 0 saturated carbocycles. The molecule has 1 radical (unpaired) electrons. The topological polar surface area (TPSA) is 26.3 Å². The van der Waals surface area contributed by atoms with E-state index in [1.807, 2.05) is 27.1 Å². The van der Waals surface area contributed by atoms with Crippen molar-refractivity contribution >= 4 is 6.29 Å². The van der Waals surface area contributed by atoms with Crippen LogP contribution in [0.1, 0.15) is 26.3 Å². The third-order valence-corrected chi connectivity index (χ3v) is 1.40. The van der Waals surface area contributed by atoms with Crippen molar-refractivity contribution < 1.29 is 9.53 Å². The Balaban J connectivity index is 2.75. The van der Waals surface area contributed by atoms with Gasteiger partial charge in [-0.15, -0.1) is 0 Å². The highest BCUT2D eigenvalue weighted by Gasteiger charge is 2.10.